The van der Waals surface area contributed by atoms with E-state index in [-0.39, 0.29) is 0 Å². The van der Waals surface area contributed by atoms with Crippen LogP contribution in [0.5, 0.6) is 0 Å². The predicted octanol–water partition coefficient (Wildman–Crippen LogP) is 1.17. The average molecular weight is 203 g/mol. The number of nitrogens with zero attached hydrogens (tertiary/aromatic N) is 3. The Morgan fingerprint density at radius 3 is 3.13 bits per heavy atom. The Kier molecular flexibility index (Phi) is 2.10. The molecule has 1 unspecified atom stereocenters. The molecule has 3 rings (SSSR count). The number of rotatable bonds is 1. The van der Waals surface area contributed by atoms with Crippen LogP contribution in [0.25, 0.3) is 11.2 Å². The van der Waals surface area contributed by atoms with Crippen LogP contribution in [0.4, 0.5) is 0 Å². The molecule has 0 radical (unpaired) electrons. The molecule has 2 aromatic rings. The standard InChI is InChI=1S/C10H13N5/c1-2-4-12-7(3-1)10-14-8-5-11-6-13-9(8)15-10/h5-7,12H,1-4H2,(H,11,13,14,15). The number of hydrogen-bond donors (Lipinski definition) is 2. The van der Waals surface area contributed by atoms with E-state index in [9.17, 15) is 0 Å². The first-order chi connectivity index (χ1) is 7.43. The molecule has 0 bridgehead atoms. The summed E-state index contributed by atoms with van der Waals surface area (Å²) >= 11 is 0. The molecule has 1 atom stereocenters. The zero-order chi connectivity index (χ0) is 10.1. The zero-order valence-electron chi connectivity index (χ0n) is 8.40. The van der Waals surface area contributed by atoms with Gasteiger partial charge in [0.25, 0.3) is 0 Å². The number of fused-ring (bicyclic) bond motifs is 1. The van der Waals surface area contributed by atoms with Gasteiger partial charge in [0.2, 0.25) is 0 Å². The molecular weight excluding hydrogens is 190 g/mol. The van der Waals surface area contributed by atoms with E-state index in [0.29, 0.717) is 6.04 Å². The molecule has 2 N–H and O–H groups in total. The lowest BCUT2D eigenvalue weighted by Gasteiger charge is -2.21. The third kappa shape index (κ3) is 1.59. The topological polar surface area (TPSA) is 66.5 Å². The fourth-order valence-corrected chi connectivity index (χ4v) is 2.03. The minimum atomic E-state index is 0.355. The molecule has 1 aliphatic heterocycles. The summed E-state index contributed by atoms with van der Waals surface area (Å²) in [6.45, 7) is 1.08. The van der Waals surface area contributed by atoms with Crippen molar-refractivity contribution >= 4 is 11.2 Å². The van der Waals surface area contributed by atoms with Crippen LogP contribution >= 0.6 is 0 Å². The van der Waals surface area contributed by atoms with Crippen molar-refractivity contribution in [3.8, 4) is 0 Å². The summed E-state index contributed by atoms with van der Waals surface area (Å²) in [5.41, 5.74) is 1.67. The predicted molar refractivity (Wildman–Crippen MR) is 56.3 cm³/mol. The van der Waals surface area contributed by atoms with E-state index in [1.807, 2.05) is 0 Å². The molecule has 5 heteroatoms. The summed E-state index contributed by atoms with van der Waals surface area (Å²) in [4.78, 5) is 15.8. The molecule has 15 heavy (non-hydrogen) atoms. The quantitative estimate of drug-likeness (QED) is 0.730. The summed E-state index contributed by atoms with van der Waals surface area (Å²) in [5.74, 6) is 0.991. The highest BCUT2D eigenvalue weighted by atomic mass is 15.1. The van der Waals surface area contributed by atoms with Crippen molar-refractivity contribution in [1.29, 1.82) is 0 Å². The van der Waals surface area contributed by atoms with Crippen LogP contribution in [0.2, 0.25) is 0 Å². The van der Waals surface area contributed by atoms with Gasteiger partial charge in [-0.2, -0.15) is 0 Å². The van der Waals surface area contributed by atoms with Crippen molar-refractivity contribution in [2.24, 2.45) is 0 Å². The highest BCUT2D eigenvalue weighted by Gasteiger charge is 2.18. The Hall–Kier alpha value is -1.49. The lowest BCUT2D eigenvalue weighted by Crippen LogP contribution is -2.27. The second-order valence-electron chi connectivity index (χ2n) is 3.88. The molecule has 0 spiro atoms. The van der Waals surface area contributed by atoms with Crippen LogP contribution in [0.15, 0.2) is 12.5 Å². The third-order valence-corrected chi connectivity index (χ3v) is 2.82. The molecule has 0 aromatic carbocycles. The van der Waals surface area contributed by atoms with Gasteiger partial charge in [0, 0.05) is 0 Å². The lowest BCUT2D eigenvalue weighted by molar-refractivity contribution is 0.400. The molecule has 1 aliphatic rings. The highest BCUT2D eigenvalue weighted by molar-refractivity contribution is 5.68. The van der Waals surface area contributed by atoms with Crippen molar-refractivity contribution in [2.75, 3.05) is 6.54 Å². The number of H-pyrrole nitrogens is 1. The molecular formula is C10H13N5. The van der Waals surface area contributed by atoms with Gasteiger partial charge in [-0.3, -0.25) is 0 Å². The normalized spacial score (nSPS) is 22.0. The van der Waals surface area contributed by atoms with E-state index in [1.54, 1.807) is 6.20 Å². The minimum absolute atomic E-state index is 0.355. The van der Waals surface area contributed by atoms with Crippen LogP contribution in [-0.4, -0.2) is 26.5 Å². The monoisotopic (exact) mass is 203 g/mol. The van der Waals surface area contributed by atoms with E-state index < -0.39 is 0 Å². The first kappa shape index (κ1) is 8.79. The molecule has 2 aromatic heterocycles. The van der Waals surface area contributed by atoms with E-state index in [1.165, 1.54) is 19.2 Å². The molecule has 5 nitrogen and oxygen atoms in total. The first-order valence-corrected chi connectivity index (χ1v) is 5.32. The Morgan fingerprint density at radius 2 is 2.33 bits per heavy atom. The lowest BCUT2D eigenvalue weighted by atomic mass is 10.0. The summed E-state index contributed by atoms with van der Waals surface area (Å²) in [5, 5.41) is 3.45. The van der Waals surface area contributed by atoms with Crippen molar-refractivity contribution in [3.63, 3.8) is 0 Å². The Bertz CT molecular complexity index is 425. The molecule has 0 aliphatic carbocycles. The highest BCUT2D eigenvalue weighted by Crippen LogP contribution is 2.21. The van der Waals surface area contributed by atoms with Gasteiger partial charge in [0.15, 0.2) is 5.65 Å². The van der Waals surface area contributed by atoms with Gasteiger partial charge in [-0.15, -0.1) is 0 Å². The van der Waals surface area contributed by atoms with E-state index in [4.69, 9.17) is 0 Å². The van der Waals surface area contributed by atoms with Gasteiger partial charge >= 0.3 is 0 Å². The molecule has 1 fully saturated rings. The third-order valence-electron chi connectivity index (χ3n) is 2.82. The van der Waals surface area contributed by atoms with Gasteiger partial charge in [-0.25, -0.2) is 15.0 Å². The maximum Gasteiger partial charge on any atom is 0.180 e. The molecule has 3 heterocycles. The fourth-order valence-electron chi connectivity index (χ4n) is 2.03. The Morgan fingerprint density at radius 1 is 1.33 bits per heavy atom. The van der Waals surface area contributed by atoms with Crippen molar-refractivity contribution in [2.45, 2.75) is 25.3 Å². The number of aromatic nitrogens is 4. The second-order valence-corrected chi connectivity index (χ2v) is 3.88. The number of hydrogen-bond acceptors (Lipinski definition) is 4. The number of piperidine rings is 1. The second kappa shape index (κ2) is 3.58. The van der Waals surface area contributed by atoms with Crippen molar-refractivity contribution in [3.05, 3.63) is 18.3 Å². The number of aromatic amines is 1. The number of nitrogens with one attached hydrogen (secondary N) is 2. The van der Waals surface area contributed by atoms with E-state index >= 15 is 0 Å². The average Bonchev–Trinajstić information content (AvgIpc) is 2.74. The van der Waals surface area contributed by atoms with Crippen molar-refractivity contribution < 1.29 is 0 Å². The van der Waals surface area contributed by atoms with Crippen LogP contribution in [0, 0.1) is 0 Å². The number of imidazole rings is 1. The van der Waals surface area contributed by atoms with Crippen molar-refractivity contribution in [1.82, 2.24) is 25.3 Å². The van der Waals surface area contributed by atoms with Gasteiger partial charge in [0.1, 0.15) is 17.7 Å². The summed E-state index contributed by atoms with van der Waals surface area (Å²) in [6, 6.07) is 0.355. The minimum Gasteiger partial charge on any atom is -0.338 e. The molecule has 0 amide bonds. The zero-order valence-corrected chi connectivity index (χ0v) is 8.40. The van der Waals surface area contributed by atoms with Gasteiger partial charge < -0.3 is 10.3 Å². The molecule has 0 saturated carbocycles. The Balaban J connectivity index is 1.96. The maximum atomic E-state index is 4.47. The van der Waals surface area contributed by atoms with Gasteiger partial charge in [0.05, 0.1) is 12.2 Å². The Labute approximate surface area is 87.3 Å². The van der Waals surface area contributed by atoms with Crippen LogP contribution in [0.3, 0.4) is 0 Å². The largest absolute Gasteiger partial charge is 0.338 e. The van der Waals surface area contributed by atoms with E-state index in [0.717, 1.165) is 30.0 Å². The molecule has 78 valence electrons. The van der Waals surface area contributed by atoms with Gasteiger partial charge in [-0.1, -0.05) is 6.42 Å². The van der Waals surface area contributed by atoms with Crippen LogP contribution < -0.4 is 5.32 Å². The first-order valence-electron chi connectivity index (χ1n) is 5.32. The summed E-state index contributed by atoms with van der Waals surface area (Å²) in [7, 11) is 0. The van der Waals surface area contributed by atoms with Crippen LogP contribution in [-0.2, 0) is 0 Å². The maximum absolute atomic E-state index is 4.47. The fraction of sp³-hybridized carbons (Fsp3) is 0.500. The summed E-state index contributed by atoms with van der Waals surface area (Å²) < 4.78 is 0. The van der Waals surface area contributed by atoms with Crippen LogP contribution in [0.1, 0.15) is 31.1 Å². The van der Waals surface area contributed by atoms with Gasteiger partial charge in [-0.05, 0) is 19.4 Å². The van der Waals surface area contributed by atoms with E-state index in [2.05, 4.69) is 25.3 Å². The smallest absolute Gasteiger partial charge is 0.180 e. The summed E-state index contributed by atoms with van der Waals surface area (Å²) in [6.07, 6.45) is 6.97. The SMILES string of the molecule is c1ncc2[nH]c(C3CCCCN3)nc2n1. The molecule has 1 saturated heterocycles.